The SMILES string of the molecule is Cc1c(-c2ccc(F)c3sc(N)nc23)ccc2c1OC[C@H]1CNCCN1C2=O. The maximum absolute atomic E-state index is 14.2. The Morgan fingerprint density at radius 3 is 2.93 bits per heavy atom. The number of hydrogen-bond acceptors (Lipinski definition) is 6. The Balaban J connectivity index is 1.66. The fourth-order valence-electron chi connectivity index (χ4n) is 4.06. The number of hydrogen-bond donors (Lipinski definition) is 2. The third kappa shape index (κ3) is 2.56. The Labute approximate surface area is 165 Å². The van der Waals surface area contributed by atoms with Gasteiger partial charge in [-0.05, 0) is 36.2 Å². The van der Waals surface area contributed by atoms with Crippen molar-refractivity contribution in [3.63, 3.8) is 0 Å². The van der Waals surface area contributed by atoms with Crippen LogP contribution in [-0.4, -0.2) is 48.1 Å². The van der Waals surface area contributed by atoms with Gasteiger partial charge in [0.2, 0.25) is 0 Å². The smallest absolute Gasteiger partial charge is 0.258 e. The van der Waals surface area contributed by atoms with Crippen LogP contribution >= 0.6 is 11.3 Å². The van der Waals surface area contributed by atoms with Gasteiger partial charge in [0.15, 0.2) is 5.13 Å². The van der Waals surface area contributed by atoms with Crippen LogP contribution in [0.25, 0.3) is 21.3 Å². The van der Waals surface area contributed by atoms with E-state index in [9.17, 15) is 9.18 Å². The number of aromatic nitrogens is 1. The van der Waals surface area contributed by atoms with E-state index in [-0.39, 0.29) is 17.8 Å². The van der Waals surface area contributed by atoms with Crippen LogP contribution in [0.5, 0.6) is 5.75 Å². The van der Waals surface area contributed by atoms with Crippen molar-refractivity contribution in [2.24, 2.45) is 0 Å². The number of anilines is 1. The lowest BCUT2D eigenvalue weighted by Crippen LogP contribution is -2.54. The number of benzene rings is 2. The number of carbonyl (C=O) groups is 1. The second-order valence-corrected chi connectivity index (χ2v) is 8.14. The number of amides is 1. The molecule has 2 aromatic carbocycles. The standard InChI is InChI=1S/C20H19FN4O2S/c1-10-12(13-4-5-15(21)18-16(13)24-20(22)28-18)2-3-14-17(10)27-9-11-8-23-6-7-25(11)19(14)26/h2-5,11,23H,6-9H2,1H3,(H2,22,24)/t11-/m1/s1. The molecule has 5 rings (SSSR count). The maximum atomic E-state index is 14.2. The lowest BCUT2D eigenvalue weighted by atomic mass is 9.96. The second kappa shape index (κ2) is 6.42. The number of carbonyl (C=O) groups excluding carboxylic acids is 1. The third-order valence-corrected chi connectivity index (χ3v) is 6.36. The normalized spacial score (nSPS) is 19.1. The van der Waals surface area contributed by atoms with Crippen LogP contribution in [0.3, 0.4) is 0 Å². The zero-order valence-electron chi connectivity index (χ0n) is 15.3. The maximum Gasteiger partial charge on any atom is 0.258 e. The van der Waals surface area contributed by atoms with Gasteiger partial charge in [-0.2, -0.15) is 0 Å². The molecule has 2 aliphatic heterocycles. The average molecular weight is 398 g/mol. The van der Waals surface area contributed by atoms with Crippen molar-refractivity contribution in [3.8, 4) is 16.9 Å². The summed E-state index contributed by atoms with van der Waals surface area (Å²) in [6.07, 6.45) is 0. The fourth-order valence-corrected chi connectivity index (χ4v) is 4.82. The number of rotatable bonds is 1. The first kappa shape index (κ1) is 17.4. The van der Waals surface area contributed by atoms with Gasteiger partial charge in [-0.15, -0.1) is 0 Å². The molecule has 1 aromatic heterocycles. The number of nitrogen functional groups attached to an aromatic ring is 1. The largest absolute Gasteiger partial charge is 0.490 e. The van der Waals surface area contributed by atoms with Gasteiger partial charge in [0, 0.05) is 25.2 Å². The lowest BCUT2D eigenvalue weighted by molar-refractivity contribution is 0.0606. The quantitative estimate of drug-likeness (QED) is 0.659. The van der Waals surface area contributed by atoms with Gasteiger partial charge in [0.1, 0.15) is 18.2 Å². The van der Waals surface area contributed by atoms with Crippen molar-refractivity contribution >= 4 is 32.6 Å². The van der Waals surface area contributed by atoms with Crippen LogP contribution < -0.4 is 15.8 Å². The third-order valence-electron chi connectivity index (χ3n) is 5.47. The molecular weight excluding hydrogens is 379 g/mol. The van der Waals surface area contributed by atoms with Gasteiger partial charge in [-0.25, -0.2) is 9.37 Å². The van der Waals surface area contributed by atoms with E-state index in [1.807, 2.05) is 17.9 Å². The Morgan fingerprint density at radius 1 is 1.29 bits per heavy atom. The molecule has 0 unspecified atom stereocenters. The van der Waals surface area contributed by atoms with Crippen LogP contribution in [0, 0.1) is 12.7 Å². The fraction of sp³-hybridized carbons (Fsp3) is 0.300. The van der Waals surface area contributed by atoms with Crippen molar-refractivity contribution in [1.29, 1.82) is 0 Å². The van der Waals surface area contributed by atoms with Crippen molar-refractivity contribution in [2.75, 3.05) is 32.0 Å². The van der Waals surface area contributed by atoms with E-state index in [0.717, 1.165) is 41.1 Å². The van der Waals surface area contributed by atoms with Gasteiger partial charge in [-0.1, -0.05) is 17.4 Å². The van der Waals surface area contributed by atoms with Crippen molar-refractivity contribution in [3.05, 3.63) is 41.2 Å². The Bertz CT molecular complexity index is 1110. The molecule has 6 nitrogen and oxygen atoms in total. The summed E-state index contributed by atoms with van der Waals surface area (Å²) >= 11 is 1.13. The molecule has 0 aliphatic carbocycles. The number of nitrogens with two attached hydrogens (primary N) is 1. The first-order valence-electron chi connectivity index (χ1n) is 9.17. The molecule has 3 N–H and O–H groups in total. The molecule has 0 saturated carbocycles. The first-order valence-corrected chi connectivity index (χ1v) is 9.99. The molecule has 2 aliphatic rings. The van der Waals surface area contributed by atoms with E-state index in [2.05, 4.69) is 10.3 Å². The van der Waals surface area contributed by atoms with Crippen LogP contribution in [-0.2, 0) is 0 Å². The van der Waals surface area contributed by atoms with Crippen molar-refractivity contribution in [2.45, 2.75) is 13.0 Å². The molecule has 0 radical (unpaired) electrons. The first-order chi connectivity index (χ1) is 13.5. The highest BCUT2D eigenvalue weighted by Gasteiger charge is 2.34. The summed E-state index contributed by atoms with van der Waals surface area (Å²) in [5.74, 6) is 0.254. The van der Waals surface area contributed by atoms with Crippen LogP contribution in [0.4, 0.5) is 9.52 Å². The summed E-state index contributed by atoms with van der Waals surface area (Å²) in [5, 5.41) is 3.63. The summed E-state index contributed by atoms with van der Waals surface area (Å²) in [6.45, 7) is 4.55. The summed E-state index contributed by atoms with van der Waals surface area (Å²) in [7, 11) is 0. The average Bonchev–Trinajstić information content (AvgIpc) is 3.03. The van der Waals surface area contributed by atoms with E-state index in [1.54, 1.807) is 12.1 Å². The highest BCUT2D eigenvalue weighted by atomic mass is 32.1. The Hall–Kier alpha value is -2.71. The molecule has 144 valence electrons. The van der Waals surface area contributed by atoms with Gasteiger partial charge < -0.3 is 20.7 Å². The van der Waals surface area contributed by atoms with E-state index in [4.69, 9.17) is 10.5 Å². The summed E-state index contributed by atoms with van der Waals surface area (Å²) in [5.41, 5.74) is 9.41. The minimum Gasteiger partial charge on any atom is -0.490 e. The topological polar surface area (TPSA) is 80.5 Å². The zero-order chi connectivity index (χ0) is 19.4. The number of ether oxygens (including phenoxy) is 1. The van der Waals surface area contributed by atoms with E-state index in [0.29, 0.717) is 39.8 Å². The molecule has 1 fully saturated rings. The molecule has 1 atom stereocenters. The number of nitrogens with zero attached hydrogens (tertiary/aromatic N) is 2. The Morgan fingerprint density at radius 2 is 2.07 bits per heavy atom. The van der Waals surface area contributed by atoms with E-state index >= 15 is 0 Å². The minimum absolute atomic E-state index is 0.00388. The molecule has 1 saturated heterocycles. The van der Waals surface area contributed by atoms with Gasteiger partial charge >= 0.3 is 0 Å². The highest BCUT2D eigenvalue weighted by molar-refractivity contribution is 7.22. The number of thiazole rings is 1. The molecule has 1 amide bonds. The van der Waals surface area contributed by atoms with Crippen LogP contribution in [0.1, 0.15) is 15.9 Å². The second-order valence-electron chi connectivity index (χ2n) is 7.11. The van der Waals surface area contributed by atoms with Crippen LogP contribution in [0.2, 0.25) is 0 Å². The monoisotopic (exact) mass is 398 g/mol. The number of halogens is 1. The van der Waals surface area contributed by atoms with Crippen molar-refractivity contribution in [1.82, 2.24) is 15.2 Å². The molecule has 3 aromatic rings. The molecular formula is C20H19FN4O2S. The van der Waals surface area contributed by atoms with Gasteiger partial charge in [0.05, 0.1) is 21.8 Å². The van der Waals surface area contributed by atoms with Gasteiger partial charge in [0.25, 0.3) is 5.91 Å². The predicted molar refractivity (Wildman–Crippen MR) is 107 cm³/mol. The minimum atomic E-state index is -0.337. The lowest BCUT2D eigenvalue weighted by Gasteiger charge is -2.33. The highest BCUT2D eigenvalue weighted by Crippen LogP contribution is 2.40. The number of nitrogens with one attached hydrogen (secondary N) is 1. The predicted octanol–water partition coefficient (Wildman–Crippen LogP) is 2.80. The summed E-state index contributed by atoms with van der Waals surface area (Å²) < 4.78 is 20.7. The molecule has 8 heteroatoms. The molecule has 0 spiro atoms. The number of fused-ring (bicyclic) bond motifs is 3. The molecule has 3 heterocycles. The van der Waals surface area contributed by atoms with E-state index in [1.165, 1.54) is 6.07 Å². The number of piperazine rings is 1. The molecule has 28 heavy (non-hydrogen) atoms. The summed E-state index contributed by atoms with van der Waals surface area (Å²) in [4.78, 5) is 19.3. The van der Waals surface area contributed by atoms with Gasteiger partial charge in [-0.3, -0.25) is 4.79 Å². The molecule has 0 bridgehead atoms. The van der Waals surface area contributed by atoms with Crippen molar-refractivity contribution < 1.29 is 13.9 Å². The summed E-state index contributed by atoms with van der Waals surface area (Å²) in [6, 6.07) is 6.85. The Kier molecular flexibility index (Phi) is 3.99. The van der Waals surface area contributed by atoms with Crippen LogP contribution in [0.15, 0.2) is 24.3 Å². The van der Waals surface area contributed by atoms with E-state index < -0.39 is 0 Å². The zero-order valence-corrected chi connectivity index (χ0v) is 16.1.